The quantitative estimate of drug-likeness (QED) is 0.443. The number of nitrogens with one attached hydrogen (secondary N) is 1. The lowest BCUT2D eigenvalue weighted by Gasteiger charge is -2.08. The molecule has 2 heterocycles. The number of aromatic nitrogens is 3. The summed E-state index contributed by atoms with van der Waals surface area (Å²) in [6.45, 7) is 1.24. The molecule has 0 spiro atoms. The molecule has 1 amide bonds. The van der Waals surface area contributed by atoms with Crippen LogP contribution in [0.1, 0.15) is 10.4 Å². The Hall–Kier alpha value is -2.08. The number of hydrogen-bond acceptors (Lipinski definition) is 4. The van der Waals surface area contributed by atoms with Crippen LogP contribution >= 0.6 is 0 Å². The Kier molecular flexibility index (Phi) is 5.91. The van der Waals surface area contributed by atoms with Crippen LogP contribution < -0.4 is 5.32 Å². The van der Waals surface area contributed by atoms with E-state index in [1.165, 1.54) is 25.6 Å². The third-order valence-electron chi connectivity index (χ3n) is 3.84. The summed E-state index contributed by atoms with van der Waals surface area (Å²) in [6.07, 6.45) is 3.37. The molecule has 0 radical (unpaired) electrons. The van der Waals surface area contributed by atoms with E-state index >= 15 is 0 Å². The van der Waals surface area contributed by atoms with Gasteiger partial charge >= 0.3 is 0 Å². The van der Waals surface area contributed by atoms with Crippen molar-refractivity contribution in [3.63, 3.8) is 0 Å². The Morgan fingerprint density at radius 2 is 2.04 bits per heavy atom. The molecular formula is C16H22N4O2Si3. The van der Waals surface area contributed by atoms with Gasteiger partial charge in [-0.3, -0.25) is 9.78 Å². The topological polar surface area (TPSA) is 69.0 Å². The molecule has 0 aliphatic heterocycles. The van der Waals surface area contributed by atoms with Crippen molar-refractivity contribution in [2.75, 3.05) is 11.9 Å². The van der Waals surface area contributed by atoms with Gasteiger partial charge in [0, 0.05) is 20.0 Å². The van der Waals surface area contributed by atoms with Gasteiger partial charge in [-0.1, -0.05) is 18.2 Å². The lowest BCUT2D eigenvalue weighted by Crippen LogP contribution is -2.16. The van der Waals surface area contributed by atoms with Gasteiger partial charge in [-0.2, -0.15) is 5.10 Å². The molecule has 1 aromatic carbocycles. The number of carbonyl (C=O) groups excluding carboxylic acids is 1. The maximum Gasteiger partial charge on any atom is 0.255 e. The van der Waals surface area contributed by atoms with E-state index in [9.17, 15) is 4.79 Å². The number of nitrogens with zero attached hydrogens (tertiary/aromatic N) is 3. The fraction of sp³-hybridized carbons (Fsp3) is 0.188. The van der Waals surface area contributed by atoms with Gasteiger partial charge in [-0.05, 0) is 43.8 Å². The van der Waals surface area contributed by atoms with E-state index < -0.39 is 0 Å². The Labute approximate surface area is 153 Å². The molecule has 1 N–H and O–H groups in total. The van der Waals surface area contributed by atoms with Gasteiger partial charge in [0.25, 0.3) is 5.91 Å². The number of benzene rings is 1. The van der Waals surface area contributed by atoms with E-state index in [1.54, 1.807) is 29.2 Å². The summed E-state index contributed by atoms with van der Waals surface area (Å²) < 4.78 is 7.54. The highest BCUT2D eigenvalue weighted by atomic mass is 29.5. The molecule has 3 aromatic rings. The fourth-order valence-corrected chi connectivity index (χ4v) is 4.44. The van der Waals surface area contributed by atoms with Gasteiger partial charge in [0.2, 0.25) is 0 Å². The van der Waals surface area contributed by atoms with Crippen LogP contribution in [0.15, 0.2) is 48.8 Å². The smallest absolute Gasteiger partial charge is 0.255 e. The van der Waals surface area contributed by atoms with Crippen molar-refractivity contribution >= 4 is 50.0 Å². The summed E-state index contributed by atoms with van der Waals surface area (Å²) in [5.74, 6) is -0.153. The number of amides is 1. The van der Waals surface area contributed by atoms with Crippen molar-refractivity contribution in [3.8, 4) is 0 Å². The molecule has 0 aliphatic rings. The van der Waals surface area contributed by atoms with Crippen LogP contribution in [0.3, 0.4) is 0 Å². The second kappa shape index (κ2) is 8.34. The molecule has 0 aliphatic carbocycles. The predicted octanol–water partition coefficient (Wildman–Crippen LogP) is -0.391. The first-order chi connectivity index (χ1) is 12.1. The zero-order chi connectivity index (χ0) is 17.6. The Morgan fingerprint density at radius 3 is 2.80 bits per heavy atom. The van der Waals surface area contributed by atoms with Crippen molar-refractivity contribution in [3.05, 3.63) is 54.4 Å². The number of pyridine rings is 1. The SMILES string of the molecule is O=C(Nc1cnc2cnn(COCC[SiH]([SiH3])[SiH3])c2c1)c1ccccc1. The highest BCUT2D eigenvalue weighted by Gasteiger charge is 2.09. The van der Waals surface area contributed by atoms with Gasteiger partial charge in [-0.15, -0.1) is 0 Å². The zero-order valence-corrected chi connectivity index (χ0v) is 19.6. The molecule has 0 atom stereocenters. The second-order valence-electron chi connectivity index (χ2n) is 6.31. The molecule has 25 heavy (non-hydrogen) atoms. The van der Waals surface area contributed by atoms with Gasteiger partial charge in [0.1, 0.15) is 12.2 Å². The molecule has 0 fully saturated rings. The van der Waals surface area contributed by atoms with Gasteiger partial charge in [0.15, 0.2) is 0 Å². The summed E-state index contributed by atoms with van der Waals surface area (Å²) in [7, 11) is 2.44. The molecule has 0 unspecified atom stereocenters. The lowest BCUT2D eigenvalue weighted by molar-refractivity contribution is 0.0823. The van der Waals surface area contributed by atoms with Crippen molar-refractivity contribution in [2.45, 2.75) is 12.8 Å². The molecular weight excluding hydrogens is 364 g/mol. The molecule has 2 aromatic heterocycles. The van der Waals surface area contributed by atoms with Gasteiger partial charge in [0.05, 0.1) is 23.6 Å². The van der Waals surface area contributed by atoms with E-state index in [4.69, 9.17) is 4.74 Å². The zero-order valence-electron chi connectivity index (χ0n) is 14.5. The molecule has 0 saturated carbocycles. The summed E-state index contributed by atoms with van der Waals surface area (Å²) in [4.78, 5) is 16.6. The normalized spacial score (nSPS) is 12.5. The summed E-state index contributed by atoms with van der Waals surface area (Å²) in [5, 5.41) is 7.22. The fourth-order valence-electron chi connectivity index (χ4n) is 2.39. The van der Waals surface area contributed by atoms with Crippen molar-refractivity contribution in [2.24, 2.45) is 0 Å². The first-order valence-electron chi connectivity index (χ1n) is 8.39. The minimum atomic E-state index is -0.322. The number of rotatable bonds is 7. The maximum atomic E-state index is 12.3. The highest BCUT2D eigenvalue weighted by molar-refractivity contribution is 7.29. The average Bonchev–Trinajstić information content (AvgIpc) is 3.02. The predicted molar refractivity (Wildman–Crippen MR) is 110 cm³/mol. The monoisotopic (exact) mass is 386 g/mol. The second-order valence-corrected chi connectivity index (χ2v) is 28.4. The lowest BCUT2D eigenvalue weighted by atomic mass is 10.2. The highest BCUT2D eigenvalue weighted by Crippen LogP contribution is 2.17. The van der Waals surface area contributed by atoms with E-state index in [-0.39, 0.29) is 13.7 Å². The van der Waals surface area contributed by atoms with E-state index in [2.05, 4.69) is 15.4 Å². The molecule has 130 valence electrons. The molecule has 0 bridgehead atoms. The standard InChI is InChI=1S/C16H22N4O2Si3/c21-16(12-4-2-1-3-5-12)19-13-8-15-14(17-9-13)10-18-20(15)11-22-6-7-25(23)24/h1-5,8-10,25H,6-7,11H2,23-24H3,(H,19,21). The number of hydrogen-bond donors (Lipinski definition) is 1. The Morgan fingerprint density at radius 1 is 1.24 bits per heavy atom. The maximum absolute atomic E-state index is 12.3. The van der Waals surface area contributed by atoms with Crippen LogP contribution in [0.5, 0.6) is 0 Å². The average molecular weight is 387 g/mol. The third-order valence-corrected chi connectivity index (χ3v) is 8.70. The van der Waals surface area contributed by atoms with E-state index in [1.807, 2.05) is 24.3 Å². The number of anilines is 1. The van der Waals surface area contributed by atoms with Crippen molar-refractivity contribution in [1.82, 2.24) is 14.8 Å². The third kappa shape index (κ3) is 4.72. The Balaban J connectivity index is 1.70. The first kappa shape index (κ1) is 17.7. The molecule has 0 saturated heterocycles. The van der Waals surface area contributed by atoms with Crippen LogP contribution in [0.4, 0.5) is 5.69 Å². The van der Waals surface area contributed by atoms with Gasteiger partial charge < -0.3 is 10.1 Å². The largest absolute Gasteiger partial charge is 0.360 e. The number of fused-ring (bicyclic) bond motifs is 1. The van der Waals surface area contributed by atoms with Crippen molar-refractivity contribution in [1.29, 1.82) is 0 Å². The summed E-state index contributed by atoms with van der Waals surface area (Å²) in [6, 6.07) is 12.3. The molecule has 6 nitrogen and oxygen atoms in total. The van der Waals surface area contributed by atoms with Crippen LogP contribution in [-0.4, -0.2) is 54.6 Å². The summed E-state index contributed by atoms with van der Waals surface area (Å²) in [5.41, 5.74) is 2.91. The summed E-state index contributed by atoms with van der Waals surface area (Å²) >= 11 is 0. The first-order valence-corrected chi connectivity index (χ1v) is 18.4. The number of ether oxygens (including phenoxy) is 1. The minimum absolute atomic E-state index is 0.153. The van der Waals surface area contributed by atoms with E-state index in [0.29, 0.717) is 18.0 Å². The van der Waals surface area contributed by atoms with Crippen LogP contribution in [-0.2, 0) is 11.5 Å². The van der Waals surface area contributed by atoms with E-state index in [0.717, 1.165) is 17.6 Å². The molecule has 9 heteroatoms. The Bertz CT molecular complexity index is 855. The molecule has 3 rings (SSSR count). The van der Waals surface area contributed by atoms with Crippen LogP contribution in [0.25, 0.3) is 11.0 Å². The van der Waals surface area contributed by atoms with Gasteiger partial charge in [-0.25, -0.2) is 4.68 Å². The minimum Gasteiger partial charge on any atom is -0.360 e. The van der Waals surface area contributed by atoms with Crippen molar-refractivity contribution < 1.29 is 9.53 Å². The number of carbonyl (C=O) groups is 1. The van der Waals surface area contributed by atoms with Crippen LogP contribution in [0.2, 0.25) is 6.04 Å². The van der Waals surface area contributed by atoms with Crippen LogP contribution in [0, 0.1) is 0 Å².